The van der Waals surface area contributed by atoms with Gasteiger partial charge in [0.25, 0.3) is 0 Å². The molecule has 4 aromatic rings. The monoisotopic (exact) mass is 865 g/mol. The van der Waals surface area contributed by atoms with Crippen molar-refractivity contribution in [1.29, 1.82) is 0 Å². The van der Waals surface area contributed by atoms with Crippen LogP contribution in [0.1, 0.15) is 117 Å². The van der Waals surface area contributed by atoms with Crippen molar-refractivity contribution in [3.05, 3.63) is 127 Å². The molecule has 2 atom stereocenters. The number of aryl methyl sites for hydroxylation is 4. The zero-order valence-electron chi connectivity index (χ0n) is 35.3. The molecule has 0 aromatic heterocycles. The maximum absolute atomic E-state index is 13.7. The topological polar surface area (TPSA) is 58.2 Å². The second kappa shape index (κ2) is 15.9. The van der Waals surface area contributed by atoms with Crippen molar-refractivity contribution >= 4 is 45.5 Å². The fraction of sp³-hybridized carbons (Fsp3) is 0.375. The van der Waals surface area contributed by atoms with Gasteiger partial charge >= 0.3 is 346 Å². The predicted octanol–water partition coefficient (Wildman–Crippen LogP) is 12.8. The van der Waals surface area contributed by atoms with Crippen LogP contribution in [0.4, 0.5) is 0 Å². The van der Waals surface area contributed by atoms with Crippen molar-refractivity contribution in [2.24, 2.45) is 11.8 Å². The summed E-state index contributed by atoms with van der Waals surface area (Å²) in [6, 6.07) is 22.1. The normalized spacial score (nSPS) is 16.9. The van der Waals surface area contributed by atoms with Gasteiger partial charge in [0.2, 0.25) is 0 Å². The van der Waals surface area contributed by atoms with Gasteiger partial charge < -0.3 is 0 Å². The number of rotatable bonds is 11. The van der Waals surface area contributed by atoms with Crippen LogP contribution in [-0.4, -0.2) is 16.3 Å². The summed E-state index contributed by atoms with van der Waals surface area (Å²) in [5.41, 5.74) is 18.7. The average Bonchev–Trinajstić information content (AvgIpc) is 3.76. The fourth-order valence-electron chi connectivity index (χ4n) is 9.53. The van der Waals surface area contributed by atoms with Gasteiger partial charge in [0, 0.05) is 0 Å². The standard InChI is InChI=1S/2C21H23.C6H11BN2O2.2ClH.Zr/c2*1-13(2)18-11-17-7-6-8-19(21(17)12-18)20-10-14(3)9-15(4)16(20)5;1-3-5(10)8-7-9-6(11)4-2;;;/h2*6-13H,1-5H3;3-4H2,1-2H3,(H-,8,9,10,11);2*1H;/q;;;;;+1/p-1. The van der Waals surface area contributed by atoms with Crippen molar-refractivity contribution in [3.63, 3.8) is 0 Å². The molecule has 2 aliphatic rings. The number of allylic oxidation sites excluding steroid dienone is 2. The van der Waals surface area contributed by atoms with Crippen molar-refractivity contribution in [1.82, 2.24) is 10.5 Å². The molecule has 6 rings (SSSR count). The average molecular weight is 868 g/mol. The Bertz CT molecular complexity index is 2170. The molecule has 0 radical (unpaired) electrons. The molecule has 4 aromatic carbocycles. The van der Waals surface area contributed by atoms with Crippen LogP contribution in [0, 0.1) is 53.4 Å². The Morgan fingerprint density at radius 1 is 0.625 bits per heavy atom. The van der Waals surface area contributed by atoms with E-state index in [2.05, 4.69) is 153 Å². The van der Waals surface area contributed by atoms with Crippen molar-refractivity contribution in [3.8, 4) is 22.3 Å². The van der Waals surface area contributed by atoms with Gasteiger partial charge in [-0.3, -0.25) is 0 Å². The molecule has 293 valence electrons. The number of nitrogens with one attached hydrogen (secondary N) is 2. The zero-order chi connectivity index (χ0) is 41.0. The first kappa shape index (κ1) is 42.4. The quantitative estimate of drug-likeness (QED) is 0.148. The zero-order valence-corrected chi connectivity index (χ0v) is 39.3. The van der Waals surface area contributed by atoms with Gasteiger partial charge in [-0.1, -0.05) is 0 Å². The molecule has 0 fully saturated rings. The van der Waals surface area contributed by atoms with Crippen molar-refractivity contribution < 1.29 is 25.8 Å². The van der Waals surface area contributed by atoms with Crippen LogP contribution >= 0.6 is 17.0 Å². The second-order valence-corrected chi connectivity index (χ2v) is 38.5. The molecule has 56 heavy (non-hydrogen) atoms. The Morgan fingerprint density at radius 3 is 1.34 bits per heavy atom. The van der Waals surface area contributed by atoms with E-state index in [4.69, 9.17) is 17.0 Å². The van der Waals surface area contributed by atoms with E-state index in [0.29, 0.717) is 0 Å². The first-order valence-electron chi connectivity index (χ1n) is 20.3. The molecule has 2 N–H and O–H groups in total. The molecule has 2 amide bonds. The predicted molar refractivity (Wildman–Crippen MR) is 238 cm³/mol. The Morgan fingerprint density at radius 2 is 1.00 bits per heavy atom. The molecule has 2 unspecified atom stereocenters. The van der Waals surface area contributed by atoms with Gasteiger partial charge in [-0.05, 0) is 0 Å². The van der Waals surface area contributed by atoms with Crippen LogP contribution in [0.2, 0.25) is 0 Å². The maximum atomic E-state index is 13.7. The van der Waals surface area contributed by atoms with E-state index in [1.807, 2.05) is 13.8 Å². The van der Waals surface area contributed by atoms with Crippen molar-refractivity contribution in [2.45, 2.75) is 103 Å². The van der Waals surface area contributed by atoms with Crippen LogP contribution in [-0.2, 0) is 25.8 Å². The van der Waals surface area contributed by atoms with Gasteiger partial charge in [0.15, 0.2) is 0 Å². The summed E-state index contributed by atoms with van der Waals surface area (Å²) in [5, 5.41) is 6.58. The van der Waals surface area contributed by atoms with Crippen molar-refractivity contribution in [2.75, 3.05) is 0 Å². The molecule has 4 nitrogen and oxygen atoms in total. The van der Waals surface area contributed by atoms with Gasteiger partial charge in [0.1, 0.15) is 0 Å². The molecule has 0 saturated carbocycles. The molecule has 8 heteroatoms. The van der Waals surface area contributed by atoms with Crippen LogP contribution in [0.15, 0.2) is 71.8 Å². The first-order valence-corrected chi connectivity index (χ1v) is 30.9. The number of hydrogen-bond donors (Lipinski definition) is 2. The molecular formula is C48H58BCl2N2O2Zr. The SMILES string of the molecule is CCC(=O)N[B](NC(=O)CC)[Zr]([Cl])([Cl])([CH]1C(C(C)C)=Cc2c(-c3cc(C)cc(C)c3C)cccc21)[CH]1C(C(C)C)=Cc2c(-c3cc(C)cc(C)c3C)cccc21. The molecule has 2 aliphatic carbocycles. The molecular weight excluding hydrogens is 809 g/mol. The molecule has 0 heterocycles. The number of carbonyl (C=O) groups is 2. The molecule has 0 aliphatic heterocycles. The van der Waals surface area contributed by atoms with E-state index >= 15 is 0 Å². The first-order chi connectivity index (χ1) is 26.3. The number of amides is 2. The summed E-state index contributed by atoms with van der Waals surface area (Å²) < 4.78 is -1.82. The van der Waals surface area contributed by atoms with Gasteiger partial charge in [0.05, 0.1) is 0 Å². The summed E-state index contributed by atoms with van der Waals surface area (Å²) in [6.45, 7) is 25.5. The second-order valence-electron chi connectivity index (χ2n) is 17.1. The van der Waals surface area contributed by atoms with Crippen LogP contribution in [0.3, 0.4) is 0 Å². The molecule has 0 spiro atoms. The van der Waals surface area contributed by atoms with E-state index < -0.39 is 27.9 Å². The molecule has 0 bridgehead atoms. The Balaban J connectivity index is 1.74. The minimum absolute atomic E-state index is 0.0759. The number of fused-ring (bicyclic) bond motifs is 2. The third kappa shape index (κ3) is 7.15. The van der Waals surface area contributed by atoms with E-state index in [1.165, 1.54) is 44.5 Å². The number of carbonyl (C=O) groups excluding carboxylic acids is 2. The van der Waals surface area contributed by atoms with E-state index in [-0.39, 0.29) is 36.5 Å². The van der Waals surface area contributed by atoms with Gasteiger partial charge in [-0.2, -0.15) is 0 Å². The van der Waals surface area contributed by atoms with Crippen LogP contribution in [0.25, 0.3) is 34.4 Å². The number of hydrogen-bond acceptors (Lipinski definition) is 2. The third-order valence-electron chi connectivity index (χ3n) is 12.6. The van der Waals surface area contributed by atoms with E-state index in [9.17, 15) is 9.59 Å². The van der Waals surface area contributed by atoms with Crippen LogP contribution < -0.4 is 10.5 Å². The van der Waals surface area contributed by atoms with Gasteiger partial charge in [-0.15, -0.1) is 0 Å². The van der Waals surface area contributed by atoms with E-state index in [0.717, 1.165) is 44.5 Å². The summed E-state index contributed by atoms with van der Waals surface area (Å²) >= 11 is -6.05. The summed E-state index contributed by atoms with van der Waals surface area (Å²) in [4.78, 5) is 27.5. The Kier molecular flexibility index (Phi) is 12.0. The number of benzene rings is 4. The Labute approximate surface area is 344 Å². The number of halogens is 2. The van der Waals surface area contributed by atoms with Crippen LogP contribution in [0.5, 0.6) is 0 Å². The summed E-state index contributed by atoms with van der Waals surface area (Å²) in [5.74, 6) is -0.248. The summed E-state index contributed by atoms with van der Waals surface area (Å²) in [6.07, 6.45) is 5.12. The Hall–Kier alpha value is -3.17. The summed E-state index contributed by atoms with van der Waals surface area (Å²) in [7, 11) is 17.9. The third-order valence-corrected chi connectivity index (χ3v) is 32.4. The van der Waals surface area contributed by atoms with Gasteiger partial charge in [-0.25, -0.2) is 0 Å². The minimum atomic E-state index is -6.05. The fourth-order valence-corrected chi connectivity index (χ4v) is 30.5. The van der Waals surface area contributed by atoms with E-state index in [1.54, 1.807) is 0 Å². The molecule has 0 saturated heterocycles.